The summed E-state index contributed by atoms with van der Waals surface area (Å²) in [5.41, 5.74) is -0.975. The van der Waals surface area contributed by atoms with E-state index in [9.17, 15) is 0 Å². The van der Waals surface area contributed by atoms with Gasteiger partial charge in [-0.1, -0.05) is 91.0 Å². The minimum atomic E-state index is -0.476. The topological polar surface area (TPSA) is 55.4 Å². The fourth-order valence-electron chi connectivity index (χ4n) is 9.79. The molecule has 0 atom stereocenters. The van der Waals surface area contributed by atoms with Gasteiger partial charge < -0.3 is 27.9 Å². The Labute approximate surface area is 404 Å². The van der Waals surface area contributed by atoms with Gasteiger partial charge in [-0.3, -0.25) is 0 Å². The van der Waals surface area contributed by atoms with Gasteiger partial charge in [-0.15, -0.1) is 22.7 Å². The van der Waals surface area contributed by atoms with E-state index in [1.807, 2.05) is 78.1 Å². The van der Waals surface area contributed by atoms with Gasteiger partial charge in [0.05, 0.1) is 38.3 Å². The molecule has 66 heavy (non-hydrogen) atoms. The van der Waals surface area contributed by atoms with Crippen molar-refractivity contribution in [3.63, 3.8) is 0 Å². The van der Waals surface area contributed by atoms with Crippen molar-refractivity contribution in [1.29, 1.82) is 0 Å². The number of hydrogen-bond donors (Lipinski definition) is 0. The molecule has 3 aliphatic rings. The Morgan fingerprint density at radius 1 is 0.348 bits per heavy atom. The molecule has 0 amide bonds. The van der Waals surface area contributed by atoms with Crippen LogP contribution in [-0.4, -0.2) is 54.7 Å². The lowest BCUT2D eigenvalue weighted by Crippen LogP contribution is -2.41. The summed E-state index contributed by atoms with van der Waals surface area (Å²) < 4.78 is 43.2. The molecule has 10 aromatic rings. The second-order valence-electron chi connectivity index (χ2n) is 21.2. The summed E-state index contributed by atoms with van der Waals surface area (Å²) in [7, 11) is -1.29. The van der Waals surface area contributed by atoms with Crippen molar-refractivity contribution < 1.29 is 27.9 Å². The summed E-state index contributed by atoms with van der Waals surface area (Å²) in [5.74, 6) is 0. The first-order valence-electron chi connectivity index (χ1n) is 23.0. The number of hydrogen-bond acceptors (Lipinski definition) is 8. The maximum absolute atomic E-state index is 6.40. The van der Waals surface area contributed by atoms with E-state index in [-0.39, 0.29) is 40.7 Å². The Morgan fingerprint density at radius 2 is 0.682 bits per heavy atom. The van der Waals surface area contributed by atoms with E-state index in [0.717, 1.165) is 5.46 Å². The van der Waals surface area contributed by atoms with E-state index >= 15 is 0 Å². The molecule has 8 aromatic carbocycles. The Hall–Kier alpha value is -3.81. The highest BCUT2D eigenvalue weighted by Gasteiger charge is 2.63. The Morgan fingerprint density at radius 3 is 1.11 bits per heavy atom. The summed E-state index contributed by atoms with van der Waals surface area (Å²) in [6, 6.07) is 39.6. The van der Waals surface area contributed by atoms with Gasteiger partial charge in [0.25, 0.3) is 0 Å². The Bertz CT molecular complexity index is 3440. The van der Waals surface area contributed by atoms with Crippen LogP contribution in [0.5, 0.6) is 0 Å². The number of halogens is 1. The highest BCUT2D eigenvalue weighted by Crippen LogP contribution is 2.49. The zero-order valence-electron chi connectivity index (χ0n) is 39.8. The maximum Gasteiger partial charge on any atom is 0.496 e. The summed E-state index contributed by atoms with van der Waals surface area (Å²) >= 11 is 7.44. The zero-order valence-corrected chi connectivity index (χ0v) is 43.0. The Balaban J connectivity index is 0.000000113. The molecule has 0 N–H and O–H groups in total. The minimum Gasteiger partial charge on any atom is -0.405 e. The Kier molecular flexibility index (Phi) is 10.2. The normalized spacial score (nSPS) is 20.5. The van der Waals surface area contributed by atoms with Gasteiger partial charge in [0.15, 0.2) is 0 Å². The molecule has 0 spiro atoms. The molecular formula is C54H54B3BrO6S2. The quantitative estimate of drug-likeness (QED) is 0.127. The molecule has 0 saturated carbocycles. The largest absolute Gasteiger partial charge is 0.496 e. The fraction of sp³-hybridized carbons (Fsp3) is 0.333. The SMILES string of the molecule is Brc1ccc2c3ccccc3c3cccc4sc1c2c43.CC1(C)OB(B2OC(C)(C)C(C)(C)O2)OC1(C)C.CC1(C)OB(c2ccc3c4ccccc4c4cccc5sc2c3c54)OC1(C)C. The summed E-state index contributed by atoms with van der Waals surface area (Å²) in [5, 5.41) is 16.3. The van der Waals surface area contributed by atoms with E-state index in [2.05, 4.69) is 153 Å². The second-order valence-corrected chi connectivity index (χ2v) is 24.2. The fourth-order valence-corrected chi connectivity index (χ4v) is 12.8. The van der Waals surface area contributed by atoms with Crippen LogP contribution in [0.2, 0.25) is 0 Å². The maximum atomic E-state index is 6.40. The molecule has 12 heteroatoms. The third kappa shape index (κ3) is 6.72. The highest BCUT2D eigenvalue weighted by atomic mass is 79.9. The van der Waals surface area contributed by atoms with Crippen LogP contribution in [-0.2, 0) is 27.9 Å². The third-order valence-corrected chi connectivity index (χ3v) is 18.9. The first-order chi connectivity index (χ1) is 31.1. The average Bonchev–Trinajstić information content (AvgIpc) is 4.02. The lowest BCUT2D eigenvalue weighted by molar-refractivity contribution is 0.00578. The molecule has 0 unspecified atom stereocenters. The van der Waals surface area contributed by atoms with Crippen molar-refractivity contribution in [2.75, 3.05) is 0 Å². The van der Waals surface area contributed by atoms with Gasteiger partial charge in [0.1, 0.15) is 0 Å². The third-order valence-electron chi connectivity index (χ3n) is 15.6. The first-order valence-corrected chi connectivity index (χ1v) is 25.4. The van der Waals surface area contributed by atoms with Crippen LogP contribution in [0.25, 0.3) is 83.4 Å². The molecule has 5 heterocycles. The van der Waals surface area contributed by atoms with Crippen molar-refractivity contribution >= 4 is 149 Å². The van der Waals surface area contributed by atoms with Crippen LogP contribution in [0.1, 0.15) is 83.1 Å². The van der Waals surface area contributed by atoms with Crippen molar-refractivity contribution in [1.82, 2.24) is 0 Å². The van der Waals surface area contributed by atoms with Crippen molar-refractivity contribution in [3.8, 4) is 0 Å². The van der Waals surface area contributed by atoms with Crippen LogP contribution in [0.4, 0.5) is 0 Å². The predicted octanol–water partition coefficient (Wildman–Crippen LogP) is 14.9. The summed E-state index contributed by atoms with van der Waals surface area (Å²) in [4.78, 5) is 0. The smallest absolute Gasteiger partial charge is 0.405 e. The molecule has 0 bridgehead atoms. The van der Waals surface area contributed by atoms with Crippen LogP contribution < -0.4 is 5.46 Å². The number of rotatable bonds is 2. The lowest BCUT2D eigenvalue weighted by Gasteiger charge is -2.32. The average molecular weight is 975 g/mol. The van der Waals surface area contributed by atoms with E-state index in [4.69, 9.17) is 27.9 Å². The standard InChI is InChI=1S/C24H21BO2S.C18H9BrS.C12H24B2O4/c1-23(2)24(3,4)27-25(26-23)18-13-12-17-15-9-6-5-8-14(15)16-10-7-11-19-20(16)21(17)22(18)28-19;19-14-9-8-13-11-5-2-1-4-10(11)12-6-3-7-15-16(12)17(13)18(14)20-15;1-9(2)10(3,4)16-13(15-9)14-17-11(5,6)12(7,8)18-14/h5-13H,1-4H3;1-9H;1-8H3. The van der Waals surface area contributed by atoms with Gasteiger partial charge in [-0.25, -0.2) is 0 Å². The number of benzene rings is 8. The van der Waals surface area contributed by atoms with Gasteiger partial charge >= 0.3 is 21.1 Å². The molecule has 3 saturated heterocycles. The predicted molar refractivity (Wildman–Crippen MR) is 287 cm³/mol. The molecule has 2 aromatic heterocycles. The minimum absolute atomic E-state index is 0.339. The van der Waals surface area contributed by atoms with Crippen LogP contribution in [0.15, 0.2) is 114 Å². The van der Waals surface area contributed by atoms with Gasteiger partial charge in [-0.2, -0.15) is 0 Å². The highest BCUT2D eigenvalue weighted by molar-refractivity contribution is 9.10. The van der Waals surface area contributed by atoms with Crippen molar-refractivity contribution in [3.05, 3.63) is 114 Å². The van der Waals surface area contributed by atoms with E-state index in [0.29, 0.717) is 0 Å². The second kappa shape index (κ2) is 15.1. The van der Waals surface area contributed by atoms with Crippen LogP contribution in [0, 0.1) is 0 Å². The number of thiophene rings is 2. The van der Waals surface area contributed by atoms with E-state index < -0.39 is 14.0 Å². The lowest BCUT2D eigenvalue weighted by atomic mass is 9.49. The molecule has 13 rings (SSSR count). The van der Waals surface area contributed by atoms with Gasteiger partial charge in [-0.05, 0) is 160 Å². The van der Waals surface area contributed by atoms with Gasteiger partial charge in [0.2, 0.25) is 0 Å². The molecule has 334 valence electrons. The molecule has 3 aliphatic heterocycles. The zero-order chi connectivity index (χ0) is 46.5. The molecular weight excluding hydrogens is 921 g/mol. The number of fused-ring (bicyclic) bond motifs is 6. The van der Waals surface area contributed by atoms with Crippen LogP contribution >= 0.6 is 38.6 Å². The molecule has 0 radical (unpaired) electrons. The molecule has 0 aliphatic carbocycles. The van der Waals surface area contributed by atoms with E-state index in [1.54, 1.807) is 0 Å². The van der Waals surface area contributed by atoms with Crippen LogP contribution in [0.3, 0.4) is 0 Å². The molecule has 3 fully saturated rings. The van der Waals surface area contributed by atoms with Gasteiger partial charge in [0, 0.05) is 45.6 Å². The first kappa shape index (κ1) is 44.7. The van der Waals surface area contributed by atoms with Crippen molar-refractivity contribution in [2.45, 2.75) is 117 Å². The summed E-state index contributed by atoms with van der Waals surface area (Å²) in [6.07, 6.45) is 0. The van der Waals surface area contributed by atoms with E-state index in [1.165, 1.54) is 87.9 Å². The molecule has 6 nitrogen and oxygen atoms in total. The monoisotopic (exact) mass is 974 g/mol. The summed E-state index contributed by atoms with van der Waals surface area (Å²) in [6.45, 7) is 24.7. The van der Waals surface area contributed by atoms with Crippen molar-refractivity contribution in [2.24, 2.45) is 0 Å².